The summed E-state index contributed by atoms with van der Waals surface area (Å²) in [5.74, 6) is -1.42. The van der Waals surface area contributed by atoms with Gasteiger partial charge in [-0.1, -0.05) is 22.0 Å². The predicted molar refractivity (Wildman–Crippen MR) is 69.5 cm³/mol. The van der Waals surface area contributed by atoms with Crippen LogP contribution in [0.3, 0.4) is 0 Å². The minimum absolute atomic E-state index is 0.0630. The molecule has 2 aromatic rings. The monoisotopic (exact) mass is 323 g/mol. The second-order valence-corrected chi connectivity index (χ2v) is 4.71. The SMILES string of the molecule is N#Cc1cc(Br)ccc1OCc1ccc(F)c(F)c1. The van der Waals surface area contributed by atoms with Crippen LogP contribution in [0, 0.1) is 23.0 Å². The fourth-order valence-corrected chi connectivity index (χ4v) is 1.87. The van der Waals surface area contributed by atoms with Crippen molar-refractivity contribution in [3.05, 3.63) is 63.6 Å². The Morgan fingerprint density at radius 2 is 1.89 bits per heavy atom. The van der Waals surface area contributed by atoms with Crippen LogP contribution in [0.1, 0.15) is 11.1 Å². The van der Waals surface area contributed by atoms with Crippen LogP contribution in [-0.4, -0.2) is 0 Å². The van der Waals surface area contributed by atoms with E-state index in [2.05, 4.69) is 15.9 Å². The highest BCUT2D eigenvalue weighted by Gasteiger charge is 2.06. The molecule has 0 amide bonds. The predicted octanol–water partition coefficient (Wildman–Crippen LogP) is 4.18. The smallest absolute Gasteiger partial charge is 0.159 e. The second-order valence-electron chi connectivity index (χ2n) is 3.79. The molecule has 0 aliphatic carbocycles. The van der Waals surface area contributed by atoms with Gasteiger partial charge in [-0.2, -0.15) is 5.26 Å². The van der Waals surface area contributed by atoms with Crippen LogP contribution in [0.2, 0.25) is 0 Å². The number of halogens is 3. The highest BCUT2D eigenvalue weighted by Crippen LogP contribution is 2.23. The van der Waals surface area contributed by atoms with Gasteiger partial charge in [0, 0.05) is 4.47 Å². The van der Waals surface area contributed by atoms with Crippen molar-refractivity contribution >= 4 is 15.9 Å². The van der Waals surface area contributed by atoms with Gasteiger partial charge in [-0.05, 0) is 35.9 Å². The third-order valence-corrected chi connectivity index (χ3v) is 2.93. The zero-order valence-corrected chi connectivity index (χ0v) is 11.2. The molecular formula is C14H8BrF2NO. The Morgan fingerprint density at radius 1 is 1.11 bits per heavy atom. The van der Waals surface area contributed by atoms with E-state index in [4.69, 9.17) is 10.00 Å². The Hall–Kier alpha value is -1.93. The Bertz CT molecular complexity index is 652. The fourth-order valence-electron chi connectivity index (χ4n) is 1.51. The lowest BCUT2D eigenvalue weighted by Crippen LogP contribution is -1.98. The van der Waals surface area contributed by atoms with Crippen molar-refractivity contribution in [1.29, 1.82) is 5.26 Å². The molecule has 0 unspecified atom stereocenters. The van der Waals surface area contributed by atoms with Gasteiger partial charge in [0.25, 0.3) is 0 Å². The summed E-state index contributed by atoms with van der Waals surface area (Å²) < 4.78 is 32.0. The van der Waals surface area contributed by atoms with Gasteiger partial charge in [0.05, 0.1) is 5.56 Å². The van der Waals surface area contributed by atoms with Gasteiger partial charge in [0.1, 0.15) is 18.4 Å². The summed E-state index contributed by atoms with van der Waals surface area (Å²) in [6, 6.07) is 10.6. The van der Waals surface area contributed by atoms with E-state index in [0.717, 1.165) is 16.6 Å². The summed E-state index contributed by atoms with van der Waals surface area (Å²) in [6.07, 6.45) is 0. The largest absolute Gasteiger partial charge is 0.488 e. The minimum atomic E-state index is -0.919. The molecule has 0 fully saturated rings. The lowest BCUT2D eigenvalue weighted by atomic mass is 10.2. The third kappa shape index (κ3) is 3.30. The Balaban J connectivity index is 2.14. The summed E-state index contributed by atoms with van der Waals surface area (Å²) in [7, 11) is 0. The van der Waals surface area contributed by atoms with Crippen LogP contribution in [-0.2, 0) is 6.61 Å². The molecule has 0 aromatic heterocycles. The maximum Gasteiger partial charge on any atom is 0.159 e. The maximum atomic E-state index is 13.0. The number of benzene rings is 2. The molecular weight excluding hydrogens is 316 g/mol. The number of ether oxygens (including phenoxy) is 1. The Labute approximate surface area is 117 Å². The normalized spacial score (nSPS) is 10.0. The minimum Gasteiger partial charge on any atom is -0.488 e. The highest BCUT2D eigenvalue weighted by molar-refractivity contribution is 9.10. The van der Waals surface area contributed by atoms with E-state index in [1.165, 1.54) is 6.07 Å². The molecule has 0 bridgehead atoms. The third-order valence-electron chi connectivity index (χ3n) is 2.44. The van der Waals surface area contributed by atoms with Gasteiger partial charge in [-0.15, -0.1) is 0 Å². The Kier molecular flexibility index (Phi) is 4.13. The van der Waals surface area contributed by atoms with Crippen LogP contribution in [0.4, 0.5) is 8.78 Å². The lowest BCUT2D eigenvalue weighted by molar-refractivity contribution is 0.304. The molecule has 2 aromatic carbocycles. The van der Waals surface area contributed by atoms with Crippen molar-refractivity contribution < 1.29 is 13.5 Å². The summed E-state index contributed by atoms with van der Waals surface area (Å²) in [4.78, 5) is 0. The van der Waals surface area contributed by atoms with Crippen LogP contribution < -0.4 is 4.74 Å². The van der Waals surface area contributed by atoms with E-state index >= 15 is 0 Å². The second kappa shape index (κ2) is 5.81. The molecule has 96 valence electrons. The van der Waals surface area contributed by atoms with Crippen molar-refractivity contribution in [3.63, 3.8) is 0 Å². The number of nitrogens with zero attached hydrogens (tertiary/aromatic N) is 1. The number of hydrogen-bond acceptors (Lipinski definition) is 2. The van der Waals surface area contributed by atoms with E-state index < -0.39 is 11.6 Å². The first-order valence-electron chi connectivity index (χ1n) is 5.36. The van der Waals surface area contributed by atoms with Gasteiger partial charge in [0.2, 0.25) is 0 Å². The van der Waals surface area contributed by atoms with Crippen LogP contribution in [0.5, 0.6) is 5.75 Å². The molecule has 2 rings (SSSR count). The van der Waals surface area contributed by atoms with E-state index in [1.54, 1.807) is 18.2 Å². The molecule has 0 heterocycles. The van der Waals surface area contributed by atoms with Crippen molar-refractivity contribution in [1.82, 2.24) is 0 Å². The highest BCUT2D eigenvalue weighted by atomic mass is 79.9. The van der Waals surface area contributed by atoms with Crippen molar-refractivity contribution in [2.75, 3.05) is 0 Å². The van der Waals surface area contributed by atoms with Crippen LogP contribution in [0.15, 0.2) is 40.9 Å². The van der Waals surface area contributed by atoms with Crippen molar-refractivity contribution in [3.8, 4) is 11.8 Å². The zero-order valence-electron chi connectivity index (χ0n) is 9.66. The number of hydrogen-bond donors (Lipinski definition) is 0. The lowest BCUT2D eigenvalue weighted by Gasteiger charge is -2.08. The summed E-state index contributed by atoms with van der Waals surface area (Å²) in [6.45, 7) is 0.0630. The molecule has 0 aliphatic heterocycles. The van der Waals surface area contributed by atoms with Crippen molar-refractivity contribution in [2.45, 2.75) is 6.61 Å². The van der Waals surface area contributed by atoms with Gasteiger partial charge >= 0.3 is 0 Å². The standard InChI is InChI=1S/C14H8BrF2NO/c15-11-2-4-14(10(6-11)7-18)19-8-9-1-3-12(16)13(17)5-9/h1-6H,8H2. The number of rotatable bonds is 3. The Morgan fingerprint density at radius 3 is 2.58 bits per heavy atom. The fraction of sp³-hybridized carbons (Fsp3) is 0.0714. The first-order valence-corrected chi connectivity index (χ1v) is 6.16. The maximum absolute atomic E-state index is 13.0. The first-order chi connectivity index (χ1) is 9.10. The zero-order chi connectivity index (χ0) is 13.8. The van der Waals surface area contributed by atoms with E-state index in [9.17, 15) is 8.78 Å². The molecule has 0 saturated carbocycles. The van der Waals surface area contributed by atoms with E-state index in [1.807, 2.05) is 6.07 Å². The van der Waals surface area contributed by atoms with E-state index in [-0.39, 0.29) is 6.61 Å². The summed E-state index contributed by atoms with van der Waals surface area (Å²) >= 11 is 3.25. The molecule has 0 aliphatic rings. The van der Waals surface area contributed by atoms with Gasteiger partial charge in [-0.25, -0.2) is 8.78 Å². The summed E-state index contributed by atoms with van der Waals surface area (Å²) in [5.41, 5.74) is 0.864. The molecule has 0 atom stereocenters. The van der Waals surface area contributed by atoms with Gasteiger partial charge < -0.3 is 4.74 Å². The summed E-state index contributed by atoms with van der Waals surface area (Å²) in [5, 5.41) is 8.96. The first kappa shape index (κ1) is 13.5. The molecule has 19 heavy (non-hydrogen) atoms. The molecule has 0 N–H and O–H groups in total. The molecule has 0 saturated heterocycles. The topological polar surface area (TPSA) is 33.0 Å². The van der Waals surface area contributed by atoms with Crippen LogP contribution in [0.25, 0.3) is 0 Å². The molecule has 0 spiro atoms. The van der Waals surface area contributed by atoms with E-state index in [0.29, 0.717) is 16.9 Å². The number of nitriles is 1. The average molecular weight is 324 g/mol. The van der Waals surface area contributed by atoms with Gasteiger partial charge in [0.15, 0.2) is 11.6 Å². The molecule has 0 radical (unpaired) electrons. The quantitative estimate of drug-likeness (QED) is 0.849. The van der Waals surface area contributed by atoms with Crippen molar-refractivity contribution in [2.24, 2.45) is 0 Å². The van der Waals surface area contributed by atoms with Crippen LogP contribution >= 0.6 is 15.9 Å². The molecule has 5 heteroatoms. The average Bonchev–Trinajstić information content (AvgIpc) is 2.41. The van der Waals surface area contributed by atoms with Gasteiger partial charge in [-0.3, -0.25) is 0 Å². The molecule has 2 nitrogen and oxygen atoms in total.